The Morgan fingerprint density at radius 3 is 3.40 bits per heavy atom. The second-order valence-electron chi connectivity index (χ2n) is 2.11. The Balaban J connectivity index is 2.42. The van der Waals surface area contributed by atoms with Gasteiger partial charge in [-0.2, -0.15) is 0 Å². The zero-order chi connectivity index (χ0) is 6.81. The maximum Gasteiger partial charge on any atom is 0.103 e. The molecule has 0 saturated heterocycles. The van der Waals surface area contributed by atoms with Gasteiger partial charge in [0, 0.05) is 17.5 Å². The Morgan fingerprint density at radius 1 is 1.40 bits per heavy atom. The highest BCUT2D eigenvalue weighted by molar-refractivity contribution is 8.15. The molecular formula is C8H7NS. The van der Waals surface area contributed by atoms with Crippen LogP contribution in [0, 0.1) is 0 Å². The number of nitrogens with zero attached hydrogens (tertiary/aromatic N) is 1. The second-order valence-corrected chi connectivity index (χ2v) is 3.11. The zero-order valence-corrected chi connectivity index (χ0v) is 6.27. The molecule has 0 aromatic carbocycles. The fourth-order valence-electron chi connectivity index (χ4n) is 0.952. The summed E-state index contributed by atoms with van der Waals surface area (Å²) >= 11 is 1.79. The lowest BCUT2D eigenvalue weighted by atomic mass is 10.2. The van der Waals surface area contributed by atoms with E-state index in [1.165, 1.54) is 5.57 Å². The summed E-state index contributed by atoms with van der Waals surface area (Å²) in [6, 6.07) is 0. The molecule has 0 radical (unpaired) electrons. The molecule has 0 aromatic heterocycles. The molecule has 0 bridgehead atoms. The van der Waals surface area contributed by atoms with Crippen molar-refractivity contribution < 1.29 is 0 Å². The minimum absolute atomic E-state index is 1.08. The summed E-state index contributed by atoms with van der Waals surface area (Å²) in [7, 11) is 0. The molecule has 0 aromatic rings. The molecule has 2 aliphatic rings. The zero-order valence-electron chi connectivity index (χ0n) is 5.45. The van der Waals surface area contributed by atoms with Gasteiger partial charge < -0.3 is 0 Å². The summed E-state index contributed by atoms with van der Waals surface area (Å²) in [5.41, 5.74) is 1.27. The van der Waals surface area contributed by atoms with E-state index < -0.39 is 0 Å². The Bertz CT molecular complexity index is 258. The molecule has 0 N–H and O–H groups in total. The first-order valence-electron chi connectivity index (χ1n) is 3.21. The molecule has 2 aliphatic heterocycles. The van der Waals surface area contributed by atoms with E-state index in [0.717, 1.165) is 10.8 Å². The van der Waals surface area contributed by atoms with Crippen molar-refractivity contribution in [2.24, 2.45) is 4.99 Å². The predicted molar refractivity (Wildman–Crippen MR) is 46.3 cm³/mol. The number of allylic oxidation sites excluding steroid dienone is 3. The van der Waals surface area contributed by atoms with E-state index in [1.54, 1.807) is 11.8 Å². The van der Waals surface area contributed by atoms with Crippen molar-refractivity contribution in [1.29, 1.82) is 0 Å². The van der Waals surface area contributed by atoms with E-state index in [2.05, 4.69) is 17.1 Å². The van der Waals surface area contributed by atoms with Crippen molar-refractivity contribution in [3.8, 4) is 0 Å². The molecule has 0 atom stereocenters. The largest absolute Gasteiger partial charge is 0.249 e. The molecule has 0 unspecified atom stereocenters. The van der Waals surface area contributed by atoms with Crippen molar-refractivity contribution in [3.05, 3.63) is 36.1 Å². The SMILES string of the molecule is C1=CN=C2SCC=C2C=C1. The Labute approximate surface area is 64.2 Å². The normalized spacial score (nSPS) is 21.6. The van der Waals surface area contributed by atoms with Crippen LogP contribution < -0.4 is 0 Å². The number of hydrogen-bond acceptors (Lipinski definition) is 2. The summed E-state index contributed by atoms with van der Waals surface area (Å²) in [6.45, 7) is 0. The molecular weight excluding hydrogens is 142 g/mol. The highest BCUT2D eigenvalue weighted by Gasteiger charge is 2.10. The lowest BCUT2D eigenvalue weighted by molar-refractivity contribution is 1.59. The number of aliphatic imine (C=N–C) groups is 1. The second kappa shape index (κ2) is 2.46. The van der Waals surface area contributed by atoms with Crippen LogP contribution in [0.1, 0.15) is 0 Å². The van der Waals surface area contributed by atoms with E-state index >= 15 is 0 Å². The van der Waals surface area contributed by atoms with E-state index in [4.69, 9.17) is 0 Å². The molecule has 0 spiro atoms. The molecule has 2 heteroatoms. The van der Waals surface area contributed by atoms with Crippen LogP contribution in [0.2, 0.25) is 0 Å². The van der Waals surface area contributed by atoms with Gasteiger partial charge in [0.1, 0.15) is 5.04 Å². The van der Waals surface area contributed by atoms with Gasteiger partial charge in [-0.15, -0.1) is 11.8 Å². The maximum absolute atomic E-state index is 4.25. The van der Waals surface area contributed by atoms with E-state index in [1.807, 2.05) is 18.4 Å². The smallest absolute Gasteiger partial charge is 0.103 e. The summed E-state index contributed by atoms with van der Waals surface area (Å²) in [5, 5.41) is 1.16. The lowest BCUT2D eigenvalue weighted by Crippen LogP contribution is -1.85. The third-order valence-electron chi connectivity index (χ3n) is 1.43. The fourth-order valence-corrected chi connectivity index (χ4v) is 1.83. The average molecular weight is 149 g/mol. The van der Waals surface area contributed by atoms with Crippen molar-refractivity contribution in [2.75, 3.05) is 5.75 Å². The van der Waals surface area contributed by atoms with Gasteiger partial charge >= 0.3 is 0 Å². The summed E-state index contributed by atoms with van der Waals surface area (Å²) in [4.78, 5) is 4.25. The van der Waals surface area contributed by atoms with Gasteiger partial charge in [-0.25, -0.2) is 4.99 Å². The average Bonchev–Trinajstić information content (AvgIpc) is 2.28. The fraction of sp³-hybridized carbons (Fsp3) is 0.125. The van der Waals surface area contributed by atoms with Gasteiger partial charge in [-0.05, 0) is 6.08 Å². The van der Waals surface area contributed by atoms with E-state index in [9.17, 15) is 0 Å². The molecule has 2 heterocycles. The third kappa shape index (κ3) is 0.948. The van der Waals surface area contributed by atoms with Gasteiger partial charge in [0.25, 0.3) is 0 Å². The topological polar surface area (TPSA) is 12.4 Å². The monoisotopic (exact) mass is 149 g/mol. The Morgan fingerprint density at radius 2 is 2.40 bits per heavy atom. The summed E-state index contributed by atoms with van der Waals surface area (Å²) < 4.78 is 0. The number of rotatable bonds is 0. The highest BCUT2D eigenvalue weighted by Crippen LogP contribution is 2.23. The van der Waals surface area contributed by atoms with E-state index in [0.29, 0.717) is 0 Å². The van der Waals surface area contributed by atoms with Crippen LogP contribution in [0.3, 0.4) is 0 Å². The quantitative estimate of drug-likeness (QED) is 0.514. The molecule has 0 fully saturated rings. The molecule has 2 rings (SSSR count). The number of fused-ring (bicyclic) bond motifs is 1. The number of hydrogen-bond donors (Lipinski definition) is 0. The van der Waals surface area contributed by atoms with Gasteiger partial charge in [-0.1, -0.05) is 18.2 Å². The lowest BCUT2D eigenvalue weighted by Gasteiger charge is -1.91. The van der Waals surface area contributed by atoms with Crippen LogP contribution >= 0.6 is 11.8 Å². The Kier molecular flexibility index (Phi) is 1.47. The molecule has 1 nitrogen and oxygen atoms in total. The van der Waals surface area contributed by atoms with Crippen molar-refractivity contribution in [3.63, 3.8) is 0 Å². The first kappa shape index (κ1) is 5.98. The van der Waals surface area contributed by atoms with Gasteiger partial charge in [-0.3, -0.25) is 0 Å². The molecule has 50 valence electrons. The highest BCUT2D eigenvalue weighted by atomic mass is 32.2. The first-order chi connectivity index (χ1) is 4.97. The first-order valence-corrected chi connectivity index (χ1v) is 4.20. The van der Waals surface area contributed by atoms with Crippen molar-refractivity contribution >= 4 is 16.8 Å². The Hall–Kier alpha value is -0.760. The van der Waals surface area contributed by atoms with Crippen molar-refractivity contribution in [1.82, 2.24) is 0 Å². The van der Waals surface area contributed by atoms with Crippen LogP contribution in [-0.2, 0) is 0 Å². The van der Waals surface area contributed by atoms with Crippen LogP contribution in [-0.4, -0.2) is 10.8 Å². The molecule has 0 amide bonds. The third-order valence-corrected chi connectivity index (χ3v) is 2.38. The summed E-state index contributed by atoms with van der Waals surface area (Å²) in [5.74, 6) is 1.08. The minimum atomic E-state index is 1.08. The van der Waals surface area contributed by atoms with Crippen LogP contribution in [0.4, 0.5) is 0 Å². The van der Waals surface area contributed by atoms with Gasteiger partial charge in [0.15, 0.2) is 0 Å². The van der Waals surface area contributed by atoms with Crippen LogP contribution in [0.15, 0.2) is 41.1 Å². The van der Waals surface area contributed by atoms with Gasteiger partial charge in [0.05, 0.1) is 0 Å². The van der Waals surface area contributed by atoms with Gasteiger partial charge in [0.2, 0.25) is 0 Å². The molecule has 0 aliphatic carbocycles. The van der Waals surface area contributed by atoms with Crippen LogP contribution in [0.5, 0.6) is 0 Å². The van der Waals surface area contributed by atoms with Crippen molar-refractivity contribution in [2.45, 2.75) is 0 Å². The summed E-state index contributed by atoms with van der Waals surface area (Å²) in [6.07, 6.45) is 10.1. The molecule has 10 heavy (non-hydrogen) atoms. The molecule has 0 saturated carbocycles. The maximum atomic E-state index is 4.25. The van der Waals surface area contributed by atoms with E-state index in [-0.39, 0.29) is 0 Å². The van der Waals surface area contributed by atoms with Crippen LogP contribution in [0.25, 0.3) is 0 Å². The standard InChI is InChI=1S/C8H7NS/c1-2-5-9-8-7(3-1)4-6-10-8/h1-5H,6H2. The number of thioether (sulfide) groups is 1. The minimum Gasteiger partial charge on any atom is -0.249 e. The predicted octanol–water partition coefficient (Wildman–Crippen LogP) is 2.14.